The molecule has 7 nitrogen and oxygen atoms in total. The highest BCUT2D eigenvalue weighted by atomic mass is 16.5. The summed E-state index contributed by atoms with van der Waals surface area (Å²) in [7, 11) is 1.29. The predicted octanol–water partition coefficient (Wildman–Crippen LogP) is 0.961. The van der Waals surface area contributed by atoms with Crippen LogP contribution in [0.3, 0.4) is 0 Å². The Labute approximate surface area is 138 Å². The number of ether oxygens (including phenoxy) is 1. The predicted molar refractivity (Wildman–Crippen MR) is 90.4 cm³/mol. The maximum atomic E-state index is 12.7. The van der Waals surface area contributed by atoms with E-state index in [9.17, 15) is 14.4 Å². The summed E-state index contributed by atoms with van der Waals surface area (Å²) in [5.41, 5.74) is -0.126. The number of hydrogen-bond acceptors (Lipinski definition) is 5. The van der Waals surface area contributed by atoms with Gasteiger partial charge in [-0.1, -0.05) is 6.92 Å². The highest BCUT2D eigenvalue weighted by Gasteiger charge is 2.24. The zero-order valence-corrected chi connectivity index (χ0v) is 13.9. The molecule has 2 heterocycles. The second kappa shape index (κ2) is 6.60. The zero-order valence-electron chi connectivity index (χ0n) is 13.9. The van der Waals surface area contributed by atoms with Gasteiger partial charge in [-0.05, 0) is 44.1 Å². The van der Waals surface area contributed by atoms with Gasteiger partial charge in [-0.3, -0.25) is 14.3 Å². The summed E-state index contributed by atoms with van der Waals surface area (Å²) in [6.07, 6.45) is 2.07. The van der Waals surface area contributed by atoms with Gasteiger partial charge in [-0.2, -0.15) is 0 Å². The van der Waals surface area contributed by atoms with E-state index < -0.39 is 11.7 Å². The van der Waals surface area contributed by atoms with Crippen molar-refractivity contribution in [3.63, 3.8) is 0 Å². The van der Waals surface area contributed by atoms with Crippen LogP contribution >= 0.6 is 0 Å². The van der Waals surface area contributed by atoms with Crippen LogP contribution in [0.1, 0.15) is 30.1 Å². The molecule has 0 aliphatic carbocycles. The molecular weight excluding hydrogens is 310 g/mol. The van der Waals surface area contributed by atoms with Gasteiger partial charge in [0.25, 0.3) is 5.56 Å². The molecule has 0 saturated carbocycles. The van der Waals surface area contributed by atoms with E-state index in [0.29, 0.717) is 23.0 Å². The summed E-state index contributed by atoms with van der Waals surface area (Å²) < 4.78 is 5.93. The summed E-state index contributed by atoms with van der Waals surface area (Å²) in [6.45, 7) is 4.38. The lowest BCUT2D eigenvalue weighted by atomic mass is 10.1. The number of benzene rings is 1. The molecule has 0 radical (unpaired) electrons. The highest BCUT2D eigenvalue weighted by molar-refractivity contribution is 5.93. The van der Waals surface area contributed by atoms with E-state index in [-0.39, 0.29) is 11.6 Å². The number of carbonyl (C=O) groups is 1. The Kier molecular flexibility index (Phi) is 4.53. The first kappa shape index (κ1) is 16.4. The summed E-state index contributed by atoms with van der Waals surface area (Å²) in [4.78, 5) is 41.6. The average molecular weight is 331 g/mol. The quantitative estimate of drug-likeness (QED) is 0.844. The van der Waals surface area contributed by atoms with Gasteiger partial charge in [0, 0.05) is 12.6 Å². The van der Waals surface area contributed by atoms with E-state index in [1.807, 2.05) is 0 Å². The number of esters is 1. The number of methoxy groups -OCH3 is 1. The van der Waals surface area contributed by atoms with Crippen molar-refractivity contribution in [1.29, 1.82) is 0 Å². The summed E-state index contributed by atoms with van der Waals surface area (Å²) in [5.74, 6) is -0.508. The molecule has 1 aromatic carbocycles. The number of aromatic nitrogens is 2. The monoisotopic (exact) mass is 331 g/mol. The Balaban J connectivity index is 2.03. The second-order valence-electron chi connectivity index (χ2n) is 6.02. The molecule has 1 saturated heterocycles. The molecule has 2 aromatic rings. The highest BCUT2D eigenvalue weighted by Crippen LogP contribution is 2.17. The molecule has 0 spiro atoms. The van der Waals surface area contributed by atoms with Gasteiger partial charge in [0.2, 0.25) is 0 Å². The van der Waals surface area contributed by atoms with Crippen LogP contribution in [0, 0.1) is 0 Å². The van der Waals surface area contributed by atoms with Gasteiger partial charge in [0.1, 0.15) is 0 Å². The number of rotatable bonds is 4. The molecule has 1 aliphatic heterocycles. The fourth-order valence-electron chi connectivity index (χ4n) is 3.39. The van der Waals surface area contributed by atoms with Gasteiger partial charge >= 0.3 is 11.7 Å². The molecule has 128 valence electrons. The van der Waals surface area contributed by atoms with Gasteiger partial charge in [0.15, 0.2) is 0 Å². The van der Waals surface area contributed by atoms with E-state index in [4.69, 9.17) is 0 Å². The average Bonchev–Trinajstić information content (AvgIpc) is 3.04. The van der Waals surface area contributed by atoms with Crippen LogP contribution in [0.4, 0.5) is 0 Å². The number of fused-ring (bicyclic) bond motifs is 1. The molecule has 1 fully saturated rings. The van der Waals surface area contributed by atoms with Crippen molar-refractivity contribution in [2.24, 2.45) is 0 Å². The van der Waals surface area contributed by atoms with E-state index in [1.165, 1.54) is 23.8 Å². The van der Waals surface area contributed by atoms with Crippen LogP contribution in [0.2, 0.25) is 0 Å². The van der Waals surface area contributed by atoms with E-state index in [0.717, 1.165) is 25.9 Å². The van der Waals surface area contributed by atoms with E-state index in [1.54, 1.807) is 6.07 Å². The third kappa shape index (κ3) is 2.87. The fraction of sp³-hybridized carbons (Fsp3) is 0.471. The minimum atomic E-state index is -0.508. The van der Waals surface area contributed by atoms with Crippen LogP contribution in [-0.2, 0) is 11.3 Å². The second-order valence-corrected chi connectivity index (χ2v) is 6.02. The number of hydrogen-bond donors (Lipinski definition) is 1. The van der Waals surface area contributed by atoms with Crippen molar-refractivity contribution in [3.05, 3.63) is 44.6 Å². The van der Waals surface area contributed by atoms with Crippen molar-refractivity contribution in [2.75, 3.05) is 20.2 Å². The summed E-state index contributed by atoms with van der Waals surface area (Å²) in [6, 6.07) is 4.78. The minimum Gasteiger partial charge on any atom is -0.465 e. The molecule has 1 aliphatic rings. The fourth-order valence-corrected chi connectivity index (χ4v) is 3.39. The SMILES string of the molecule is CCN1CCC[C@@H]1Cn1c(=O)[nH]c2cc(C(=O)OC)ccc2c1=O. The van der Waals surface area contributed by atoms with Crippen LogP contribution in [0.5, 0.6) is 0 Å². The smallest absolute Gasteiger partial charge is 0.337 e. The lowest BCUT2D eigenvalue weighted by molar-refractivity contribution is 0.0601. The first-order valence-electron chi connectivity index (χ1n) is 8.14. The van der Waals surface area contributed by atoms with Crippen LogP contribution < -0.4 is 11.2 Å². The van der Waals surface area contributed by atoms with Crippen molar-refractivity contribution in [2.45, 2.75) is 32.4 Å². The van der Waals surface area contributed by atoms with E-state index >= 15 is 0 Å². The maximum absolute atomic E-state index is 12.7. The third-order valence-electron chi connectivity index (χ3n) is 4.70. The number of likely N-dealkylation sites (N-methyl/N-ethyl adjacent to an activating group) is 1. The summed E-state index contributed by atoms with van der Waals surface area (Å²) >= 11 is 0. The van der Waals surface area contributed by atoms with E-state index in [2.05, 4.69) is 21.5 Å². The number of carbonyl (C=O) groups excluding carboxylic acids is 1. The largest absolute Gasteiger partial charge is 0.465 e. The molecule has 0 unspecified atom stereocenters. The molecule has 3 rings (SSSR count). The maximum Gasteiger partial charge on any atom is 0.337 e. The molecule has 0 bridgehead atoms. The first-order chi connectivity index (χ1) is 11.5. The Hall–Kier alpha value is -2.41. The lowest BCUT2D eigenvalue weighted by Gasteiger charge is -2.23. The number of aromatic amines is 1. The Morgan fingerprint density at radius 2 is 2.17 bits per heavy atom. The molecule has 1 aromatic heterocycles. The van der Waals surface area contributed by atoms with Crippen molar-refractivity contribution < 1.29 is 9.53 Å². The molecule has 1 atom stereocenters. The van der Waals surface area contributed by atoms with Crippen LogP contribution in [0.25, 0.3) is 10.9 Å². The minimum absolute atomic E-state index is 0.209. The molecular formula is C17H21N3O4. The number of likely N-dealkylation sites (tertiary alicyclic amines) is 1. The number of nitrogens with zero attached hydrogens (tertiary/aromatic N) is 2. The first-order valence-corrected chi connectivity index (χ1v) is 8.14. The Morgan fingerprint density at radius 3 is 2.88 bits per heavy atom. The van der Waals surface area contributed by atoms with Crippen molar-refractivity contribution >= 4 is 16.9 Å². The standard InChI is InChI=1S/C17H21N3O4/c1-3-19-8-4-5-12(19)10-20-15(21)13-7-6-11(16(22)24-2)9-14(13)18-17(20)23/h6-7,9,12H,3-5,8,10H2,1-2H3,(H,18,23)/t12-/m1/s1. The van der Waals surface area contributed by atoms with Crippen LogP contribution in [-0.4, -0.2) is 46.7 Å². The van der Waals surface area contributed by atoms with Crippen molar-refractivity contribution in [1.82, 2.24) is 14.5 Å². The molecule has 0 amide bonds. The number of H-pyrrole nitrogens is 1. The van der Waals surface area contributed by atoms with Gasteiger partial charge < -0.3 is 9.72 Å². The molecule has 24 heavy (non-hydrogen) atoms. The van der Waals surface area contributed by atoms with Gasteiger partial charge in [-0.15, -0.1) is 0 Å². The lowest BCUT2D eigenvalue weighted by Crippen LogP contribution is -2.42. The summed E-state index contributed by atoms with van der Waals surface area (Å²) in [5, 5.41) is 0.392. The molecule has 1 N–H and O–H groups in total. The normalized spacial score (nSPS) is 18.2. The zero-order chi connectivity index (χ0) is 17.3. The van der Waals surface area contributed by atoms with Gasteiger partial charge in [0.05, 0.1) is 23.6 Å². The Bertz CT molecular complexity index is 884. The van der Waals surface area contributed by atoms with Crippen molar-refractivity contribution in [3.8, 4) is 0 Å². The third-order valence-corrected chi connectivity index (χ3v) is 4.70. The van der Waals surface area contributed by atoms with Gasteiger partial charge in [-0.25, -0.2) is 9.59 Å². The number of nitrogens with one attached hydrogen (secondary N) is 1. The molecule has 7 heteroatoms. The topological polar surface area (TPSA) is 84.4 Å². The Morgan fingerprint density at radius 1 is 1.38 bits per heavy atom. The van der Waals surface area contributed by atoms with Crippen LogP contribution in [0.15, 0.2) is 27.8 Å².